The van der Waals surface area contributed by atoms with Gasteiger partial charge in [0.15, 0.2) is 0 Å². The molecule has 0 aliphatic heterocycles. The summed E-state index contributed by atoms with van der Waals surface area (Å²) in [7, 11) is 0. The first-order valence-electron chi connectivity index (χ1n) is 8.01. The maximum Gasteiger partial charge on any atom is 0.420 e. The number of nitrogens with one attached hydrogen (secondary N) is 1. The third-order valence-electron chi connectivity index (χ3n) is 3.71. The van der Waals surface area contributed by atoms with Crippen molar-refractivity contribution >= 4 is 16.7 Å². The van der Waals surface area contributed by atoms with Crippen molar-refractivity contribution in [1.82, 2.24) is 5.32 Å². The van der Waals surface area contributed by atoms with Crippen LogP contribution in [0.2, 0.25) is 0 Å². The van der Waals surface area contributed by atoms with Crippen molar-refractivity contribution in [2.75, 3.05) is 13.2 Å². The van der Waals surface area contributed by atoms with Gasteiger partial charge < -0.3 is 15.2 Å². The molecule has 0 aromatic heterocycles. The van der Waals surface area contributed by atoms with Gasteiger partial charge in [0.1, 0.15) is 11.3 Å². The second-order valence-corrected chi connectivity index (χ2v) is 5.60. The normalized spacial score (nSPS) is 11.7. The highest BCUT2D eigenvalue weighted by atomic mass is 19.4. The van der Waals surface area contributed by atoms with E-state index in [1.54, 1.807) is 19.1 Å². The van der Waals surface area contributed by atoms with Crippen molar-refractivity contribution in [3.8, 4) is 5.75 Å². The third kappa shape index (κ3) is 5.09. The van der Waals surface area contributed by atoms with Gasteiger partial charge in [-0.2, -0.15) is 13.2 Å². The minimum atomic E-state index is -4.61. The quantitative estimate of drug-likeness (QED) is 0.582. The van der Waals surface area contributed by atoms with E-state index in [-0.39, 0.29) is 11.4 Å². The van der Waals surface area contributed by atoms with Crippen LogP contribution in [0.25, 0.3) is 10.8 Å². The number of phenols is 1. The molecule has 0 amide bonds. The fourth-order valence-electron chi connectivity index (χ4n) is 2.60. The van der Waals surface area contributed by atoms with Crippen molar-refractivity contribution < 1.29 is 27.8 Å². The van der Waals surface area contributed by atoms with Crippen LogP contribution in [0.3, 0.4) is 0 Å². The van der Waals surface area contributed by atoms with Crippen molar-refractivity contribution in [3.05, 3.63) is 41.5 Å². The number of ether oxygens (including phenoxy) is 1. The number of carbonyl (C=O) groups excluding carboxylic acids is 1. The van der Waals surface area contributed by atoms with Gasteiger partial charge in [0.05, 0.1) is 6.61 Å². The summed E-state index contributed by atoms with van der Waals surface area (Å²) in [5.74, 6) is -1.01. The Bertz CT molecular complexity index is 744. The topological polar surface area (TPSA) is 58.6 Å². The fraction of sp³-hybridized carbons (Fsp3) is 0.389. The molecule has 4 nitrogen and oxygen atoms in total. The summed E-state index contributed by atoms with van der Waals surface area (Å²) in [6.07, 6.45) is -3.66. The number of benzene rings is 2. The van der Waals surface area contributed by atoms with Gasteiger partial charge in [-0.1, -0.05) is 18.2 Å². The molecule has 0 saturated carbocycles. The average Bonchev–Trinajstić information content (AvgIpc) is 2.53. The summed E-state index contributed by atoms with van der Waals surface area (Å²) in [6.45, 7) is 3.18. The van der Waals surface area contributed by atoms with E-state index in [1.807, 2.05) is 0 Å². The predicted molar refractivity (Wildman–Crippen MR) is 88.2 cm³/mol. The first-order chi connectivity index (χ1) is 11.8. The van der Waals surface area contributed by atoms with Gasteiger partial charge in [0.2, 0.25) is 0 Å². The first-order valence-corrected chi connectivity index (χ1v) is 8.01. The van der Waals surface area contributed by atoms with E-state index in [9.17, 15) is 23.1 Å². The fourth-order valence-corrected chi connectivity index (χ4v) is 2.60. The van der Waals surface area contributed by atoms with Crippen molar-refractivity contribution in [2.45, 2.75) is 32.5 Å². The number of phenolic OH excluding ortho intramolecular Hbond substituents is 1. The monoisotopic (exact) mass is 355 g/mol. The van der Waals surface area contributed by atoms with Crippen LogP contribution in [0.5, 0.6) is 5.75 Å². The average molecular weight is 355 g/mol. The Morgan fingerprint density at radius 3 is 2.68 bits per heavy atom. The molecule has 0 aliphatic rings. The van der Waals surface area contributed by atoms with Crippen LogP contribution in [0, 0.1) is 0 Å². The summed E-state index contributed by atoms with van der Waals surface area (Å²) in [4.78, 5) is 11.2. The molecule has 0 radical (unpaired) electrons. The Balaban J connectivity index is 2.00. The van der Waals surface area contributed by atoms with Crippen molar-refractivity contribution in [3.63, 3.8) is 0 Å². The summed E-state index contributed by atoms with van der Waals surface area (Å²) >= 11 is 0. The van der Waals surface area contributed by atoms with Gasteiger partial charge in [0, 0.05) is 13.0 Å². The standard InChI is InChI=1S/C18H20F3NO3/c1-2-25-16(24)4-3-9-22-11-12-5-7-14-13(10-12)6-8-15(23)17(14)18(19,20)21/h5-8,10,22-23H,2-4,9,11H2,1H3. The van der Waals surface area contributed by atoms with Gasteiger partial charge in [-0.25, -0.2) is 0 Å². The number of alkyl halides is 3. The molecule has 0 unspecified atom stereocenters. The summed E-state index contributed by atoms with van der Waals surface area (Å²) < 4.78 is 44.1. The van der Waals surface area contributed by atoms with E-state index in [0.717, 1.165) is 11.6 Å². The molecule has 136 valence electrons. The molecule has 2 aromatic carbocycles. The Hall–Kier alpha value is -2.28. The van der Waals surface area contributed by atoms with Gasteiger partial charge >= 0.3 is 12.1 Å². The number of fused-ring (bicyclic) bond motifs is 1. The van der Waals surface area contributed by atoms with Crippen molar-refractivity contribution in [2.24, 2.45) is 0 Å². The van der Waals surface area contributed by atoms with Gasteiger partial charge in [-0.05, 0) is 48.4 Å². The molecule has 0 fully saturated rings. The lowest BCUT2D eigenvalue weighted by Crippen LogP contribution is -2.16. The molecule has 0 bridgehead atoms. The molecule has 0 spiro atoms. The number of hydrogen-bond acceptors (Lipinski definition) is 4. The van der Waals surface area contributed by atoms with E-state index >= 15 is 0 Å². The van der Waals surface area contributed by atoms with Crippen LogP contribution in [0.4, 0.5) is 13.2 Å². The highest BCUT2D eigenvalue weighted by Crippen LogP contribution is 2.40. The van der Waals surface area contributed by atoms with Crippen LogP contribution in [-0.2, 0) is 22.3 Å². The Labute approximate surface area is 143 Å². The van der Waals surface area contributed by atoms with E-state index in [0.29, 0.717) is 37.9 Å². The number of esters is 1. The smallest absolute Gasteiger partial charge is 0.420 e. The SMILES string of the molecule is CCOC(=O)CCCNCc1ccc2c(C(F)(F)F)c(O)ccc2c1. The Morgan fingerprint density at radius 2 is 2.00 bits per heavy atom. The van der Waals surface area contributed by atoms with Crippen LogP contribution in [0.1, 0.15) is 30.9 Å². The highest BCUT2D eigenvalue weighted by molar-refractivity contribution is 5.88. The van der Waals surface area contributed by atoms with E-state index < -0.39 is 17.5 Å². The summed E-state index contributed by atoms with van der Waals surface area (Å²) in [5.41, 5.74) is -0.193. The maximum atomic E-state index is 13.1. The Morgan fingerprint density at radius 1 is 1.24 bits per heavy atom. The van der Waals surface area contributed by atoms with Crippen LogP contribution >= 0.6 is 0 Å². The minimum Gasteiger partial charge on any atom is -0.507 e. The molecule has 0 heterocycles. The maximum absolute atomic E-state index is 13.1. The molecule has 2 aromatic rings. The first kappa shape index (κ1) is 19.1. The van der Waals surface area contributed by atoms with Gasteiger partial charge in [0.25, 0.3) is 0 Å². The molecule has 2 N–H and O–H groups in total. The number of rotatable bonds is 7. The van der Waals surface area contributed by atoms with Crippen LogP contribution in [-0.4, -0.2) is 24.2 Å². The van der Waals surface area contributed by atoms with Crippen LogP contribution < -0.4 is 5.32 Å². The molecule has 25 heavy (non-hydrogen) atoms. The number of halogens is 3. The lowest BCUT2D eigenvalue weighted by atomic mass is 10.0. The molecule has 2 rings (SSSR count). The number of aromatic hydroxyl groups is 1. The largest absolute Gasteiger partial charge is 0.507 e. The van der Waals surface area contributed by atoms with Crippen molar-refractivity contribution in [1.29, 1.82) is 0 Å². The van der Waals surface area contributed by atoms with Gasteiger partial charge in [-0.15, -0.1) is 0 Å². The highest BCUT2D eigenvalue weighted by Gasteiger charge is 2.35. The molecule has 0 atom stereocenters. The number of carbonyl (C=O) groups is 1. The lowest BCUT2D eigenvalue weighted by molar-refractivity contribution is -0.143. The zero-order valence-electron chi connectivity index (χ0n) is 13.8. The second-order valence-electron chi connectivity index (χ2n) is 5.60. The van der Waals surface area contributed by atoms with Crippen LogP contribution in [0.15, 0.2) is 30.3 Å². The predicted octanol–water partition coefficient (Wildman–Crippen LogP) is 4.00. The molecular formula is C18H20F3NO3. The second kappa shape index (κ2) is 8.20. The summed E-state index contributed by atoms with van der Waals surface area (Å²) in [5, 5.41) is 13.1. The van der Waals surface area contributed by atoms with E-state index in [2.05, 4.69) is 5.32 Å². The molecule has 0 saturated heterocycles. The lowest BCUT2D eigenvalue weighted by Gasteiger charge is -2.13. The Kier molecular flexibility index (Phi) is 6.25. The zero-order chi connectivity index (χ0) is 18.4. The van der Waals surface area contributed by atoms with E-state index in [4.69, 9.17) is 4.74 Å². The molecular weight excluding hydrogens is 335 g/mol. The molecule has 7 heteroatoms. The summed E-state index contributed by atoms with van der Waals surface area (Å²) in [6, 6.07) is 7.14. The minimum absolute atomic E-state index is 0.0291. The third-order valence-corrected chi connectivity index (χ3v) is 3.71. The van der Waals surface area contributed by atoms with Gasteiger partial charge in [-0.3, -0.25) is 4.79 Å². The van der Waals surface area contributed by atoms with E-state index in [1.165, 1.54) is 12.1 Å². The zero-order valence-corrected chi connectivity index (χ0v) is 13.8. The molecule has 0 aliphatic carbocycles. The number of hydrogen-bond donors (Lipinski definition) is 2.